The number of ether oxygens (including phenoxy) is 2. The van der Waals surface area contributed by atoms with E-state index in [1.807, 2.05) is 0 Å². The Morgan fingerprint density at radius 2 is 2.06 bits per heavy atom. The molecule has 2 aromatic rings. The highest BCUT2D eigenvalue weighted by atomic mass is 19.4. The van der Waals surface area contributed by atoms with Crippen molar-refractivity contribution in [2.45, 2.75) is 30.8 Å². The van der Waals surface area contributed by atoms with Gasteiger partial charge in [0, 0.05) is 37.2 Å². The molecular formula is C20H19F5N4O3. The molecule has 172 valence electrons. The Kier molecular flexibility index (Phi) is 5.99. The molecule has 0 bridgehead atoms. The van der Waals surface area contributed by atoms with Crippen LogP contribution in [0.4, 0.5) is 27.8 Å². The Balaban J connectivity index is 1.38. The lowest BCUT2D eigenvalue weighted by molar-refractivity contribution is -0.141. The number of aromatic nitrogens is 2. The number of rotatable bonds is 4. The Bertz CT molecular complexity index is 1010. The fraction of sp³-hybridized carbons (Fsp3) is 0.450. The highest BCUT2D eigenvalue weighted by Gasteiger charge is 2.47. The lowest BCUT2D eigenvalue weighted by Crippen LogP contribution is -2.53. The van der Waals surface area contributed by atoms with Crippen molar-refractivity contribution in [2.24, 2.45) is 0 Å². The number of benzene rings is 1. The van der Waals surface area contributed by atoms with Crippen molar-refractivity contribution in [3.8, 4) is 0 Å². The third kappa shape index (κ3) is 4.80. The van der Waals surface area contributed by atoms with Crippen LogP contribution in [0.3, 0.4) is 0 Å². The van der Waals surface area contributed by atoms with Crippen molar-refractivity contribution in [3.63, 3.8) is 0 Å². The predicted molar refractivity (Wildman–Crippen MR) is 100 cm³/mol. The fourth-order valence-corrected chi connectivity index (χ4v) is 3.76. The Morgan fingerprint density at radius 1 is 1.25 bits per heavy atom. The van der Waals surface area contributed by atoms with Crippen molar-refractivity contribution in [2.75, 3.05) is 31.2 Å². The van der Waals surface area contributed by atoms with Gasteiger partial charge in [0.25, 0.3) is 0 Å². The van der Waals surface area contributed by atoms with E-state index in [4.69, 9.17) is 9.47 Å². The van der Waals surface area contributed by atoms with Gasteiger partial charge in [0.15, 0.2) is 0 Å². The highest BCUT2D eigenvalue weighted by Crippen LogP contribution is 2.34. The molecule has 3 heterocycles. The maximum absolute atomic E-state index is 13.7. The predicted octanol–water partition coefficient (Wildman–Crippen LogP) is 2.45. The van der Waals surface area contributed by atoms with Gasteiger partial charge in [-0.1, -0.05) is 6.07 Å². The van der Waals surface area contributed by atoms with Gasteiger partial charge in [0.05, 0.1) is 19.8 Å². The van der Waals surface area contributed by atoms with E-state index in [9.17, 15) is 26.7 Å². The van der Waals surface area contributed by atoms with Gasteiger partial charge in [-0.3, -0.25) is 4.79 Å². The van der Waals surface area contributed by atoms with Gasteiger partial charge in [-0.25, -0.2) is 18.7 Å². The summed E-state index contributed by atoms with van der Waals surface area (Å²) in [6, 6.07) is 3.93. The summed E-state index contributed by atoms with van der Waals surface area (Å²) in [4.78, 5) is 21.3. The zero-order valence-corrected chi connectivity index (χ0v) is 16.7. The van der Waals surface area contributed by atoms with Crippen LogP contribution >= 0.6 is 0 Å². The number of anilines is 1. The fourth-order valence-electron chi connectivity index (χ4n) is 3.76. The van der Waals surface area contributed by atoms with Gasteiger partial charge in [0.1, 0.15) is 41.2 Å². The van der Waals surface area contributed by atoms with Crippen LogP contribution in [-0.2, 0) is 27.0 Å². The van der Waals surface area contributed by atoms with Crippen LogP contribution in [0.2, 0.25) is 0 Å². The second-order valence-electron chi connectivity index (χ2n) is 7.67. The normalized spacial score (nSPS) is 23.5. The van der Waals surface area contributed by atoms with Crippen LogP contribution in [0.1, 0.15) is 17.7 Å². The van der Waals surface area contributed by atoms with Gasteiger partial charge in [-0.2, -0.15) is 13.2 Å². The first-order valence-electron chi connectivity index (χ1n) is 9.77. The molecule has 1 amide bonds. The summed E-state index contributed by atoms with van der Waals surface area (Å²) in [5, 5.41) is 2.55. The second kappa shape index (κ2) is 8.58. The third-order valence-electron chi connectivity index (χ3n) is 5.38. The highest BCUT2D eigenvalue weighted by molar-refractivity contribution is 5.81. The maximum Gasteiger partial charge on any atom is 0.433 e. The van der Waals surface area contributed by atoms with E-state index >= 15 is 0 Å². The summed E-state index contributed by atoms with van der Waals surface area (Å²) >= 11 is 0. The first-order valence-corrected chi connectivity index (χ1v) is 9.77. The van der Waals surface area contributed by atoms with Crippen LogP contribution < -0.4 is 10.2 Å². The quantitative estimate of drug-likeness (QED) is 0.710. The van der Waals surface area contributed by atoms with Crippen LogP contribution in [0, 0.1) is 11.6 Å². The second-order valence-corrected chi connectivity index (χ2v) is 7.67. The molecule has 2 saturated heterocycles. The number of hydrogen-bond donors (Lipinski definition) is 1. The summed E-state index contributed by atoms with van der Waals surface area (Å²) in [6.45, 7) is 0.619. The van der Waals surface area contributed by atoms with Crippen LogP contribution in [0.25, 0.3) is 0 Å². The molecule has 4 rings (SSSR count). The first-order chi connectivity index (χ1) is 15.2. The lowest BCUT2D eigenvalue weighted by Gasteiger charge is -2.40. The molecule has 1 spiro atoms. The molecule has 2 aliphatic rings. The average molecular weight is 458 g/mol. The van der Waals surface area contributed by atoms with E-state index in [0.717, 1.165) is 24.5 Å². The maximum atomic E-state index is 13.7. The van der Waals surface area contributed by atoms with Crippen molar-refractivity contribution < 1.29 is 36.2 Å². The smallest absolute Gasteiger partial charge is 0.369 e. The Hall–Kier alpha value is -2.86. The van der Waals surface area contributed by atoms with Gasteiger partial charge in [-0.05, 0) is 6.07 Å². The van der Waals surface area contributed by atoms with Crippen LogP contribution in [0.5, 0.6) is 0 Å². The molecule has 1 aromatic heterocycles. The van der Waals surface area contributed by atoms with Crippen LogP contribution in [0.15, 0.2) is 30.6 Å². The molecule has 32 heavy (non-hydrogen) atoms. The third-order valence-corrected chi connectivity index (χ3v) is 5.38. The number of amides is 1. The molecular weight excluding hydrogens is 439 g/mol. The van der Waals surface area contributed by atoms with E-state index in [1.54, 1.807) is 4.90 Å². The Labute approximate surface area is 179 Å². The molecule has 12 heteroatoms. The minimum absolute atomic E-state index is 0.0592. The van der Waals surface area contributed by atoms with Crippen molar-refractivity contribution >= 4 is 11.7 Å². The van der Waals surface area contributed by atoms with Gasteiger partial charge in [0.2, 0.25) is 5.91 Å². The molecule has 0 aliphatic carbocycles. The molecule has 0 radical (unpaired) electrons. The first kappa shape index (κ1) is 22.3. The molecule has 0 saturated carbocycles. The number of nitrogens with zero attached hydrogens (tertiary/aromatic N) is 3. The molecule has 1 N–H and O–H groups in total. The van der Waals surface area contributed by atoms with E-state index < -0.39 is 41.1 Å². The summed E-state index contributed by atoms with van der Waals surface area (Å²) in [6.07, 6.45) is -4.45. The molecule has 2 fully saturated rings. The molecule has 7 nitrogen and oxygen atoms in total. The molecule has 2 atom stereocenters. The lowest BCUT2D eigenvalue weighted by atomic mass is 9.97. The minimum atomic E-state index is -4.59. The number of nitrogens with one attached hydrogen (secondary N) is 1. The number of morpholine rings is 1. The van der Waals surface area contributed by atoms with Gasteiger partial charge in [-0.15, -0.1) is 0 Å². The standard InChI is InChI=1S/C20H19F5N4O3/c21-13-2-1-12(14(22)5-13)8-26-18(30)15-7-19(10-31-15)9-29(3-4-32-19)17-6-16(20(23,24)25)27-11-28-17/h1-2,5-6,11,15H,3-4,7-10H2,(H,26,30). The van der Waals surface area contributed by atoms with E-state index in [2.05, 4.69) is 15.3 Å². The molecule has 1 aromatic carbocycles. The molecule has 2 aliphatic heterocycles. The number of hydrogen-bond acceptors (Lipinski definition) is 6. The zero-order chi connectivity index (χ0) is 22.9. The largest absolute Gasteiger partial charge is 0.433 e. The Morgan fingerprint density at radius 3 is 2.81 bits per heavy atom. The molecule has 2 unspecified atom stereocenters. The summed E-state index contributed by atoms with van der Waals surface area (Å²) < 4.78 is 77.1. The number of alkyl halides is 3. The summed E-state index contributed by atoms with van der Waals surface area (Å²) in [5.74, 6) is -1.88. The van der Waals surface area contributed by atoms with Crippen molar-refractivity contribution in [1.82, 2.24) is 15.3 Å². The van der Waals surface area contributed by atoms with E-state index in [0.29, 0.717) is 6.54 Å². The average Bonchev–Trinajstić information content (AvgIpc) is 3.15. The van der Waals surface area contributed by atoms with E-state index in [-0.39, 0.29) is 44.1 Å². The monoisotopic (exact) mass is 458 g/mol. The van der Waals surface area contributed by atoms with Gasteiger partial charge >= 0.3 is 6.18 Å². The van der Waals surface area contributed by atoms with Gasteiger partial charge < -0.3 is 19.7 Å². The zero-order valence-electron chi connectivity index (χ0n) is 16.7. The van der Waals surface area contributed by atoms with Crippen LogP contribution in [-0.4, -0.2) is 53.9 Å². The van der Waals surface area contributed by atoms with Crippen molar-refractivity contribution in [3.05, 3.63) is 53.5 Å². The number of halogens is 5. The number of carbonyl (C=O) groups is 1. The van der Waals surface area contributed by atoms with Crippen molar-refractivity contribution in [1.29, 1.82) is 0 Å². The minimum Gasteiger partial charge on any atom is -0.369 e. The van der Waals surface area contributed by atoms with E-state index in [1.165, 1.54) is 6.07 Å². The number of carbonyl (C=O) groups excluding carboxylic acids is 1. The topological polar surface area (TPSA) is 76.6 Å². The summed E-state index contributed by atoms with van der Waals surface area (Å²) in [7, 11) is 0. The summed E-state index contributed by atoms with van der Waals surface area (Å²) in [5.41, 5.74) is -1.82. The SMILES string of the molecule is O=C(NCc1ccc(F)cc1F)C1CC2(CO1)CN(c1cc(C(F)(F)F)ncn1)CCO2.